The highest BCUT2D eigenvalue weighted by Crippen LogP contribution is 2.33. The van der Waals surface area contributed by atoms with Gasteiger partial charge in [-0.3, -0.25) is 9.59 Å². The van der Waals surface area contributed by atoms with Gasteiger partial charge in [-0.1, -0.05) is 30.7 Å². The molecule has 1 atom stereocenters. The number of benzene rings is 2. The van der Waals surface area contributed by atoms with Crippen molar-refractivity contribution < 1.29 is 19.4 Å². The van der Waals surface area contributed by atoms with Crippen LogP contribution in [0.25, 0.3) is 5.76 Å². The Hall–Kier alpha value is -2.79. The number of carbonyl (C=O) groups excluding carboxylic acids is 2. The Morgan fingerprint density at radius 2 is 1.77 bits per heavy atom. The van der Waals surface area contributed by atoms with Crippen molar-refractivity contribution in [3.05, 3.63) is 70.3 Å². The van der Waals surface area contributed by atoms with Gasteiger partial charge in [0.25, 0.3) is 11.7 Å². The molecule has 1 aliphatic rings. The van der Waals surface area contributed by atoms with Gasteiger partial charge in [0.1, 0.15) is 11.5 Å². The summed E-state index contributed by atoms with van der Waals surface area (Å²) in [6, 6.07) is 12.8. The normalized spacial score (nSPS) is 18.6. The Morgan fingerprint density at radius 3 is 2.38 bits per heavy atom. The first-order valence-electron chi connectivity index (χ1n) is 8.28. The molecule has 0 aromatic heterocycles. The van der Waals surface area contributed by atoms with Gasteiger partial charge in [-0.05, 0) is 48.4 Å². The molecule has 0 bridgehead atoms. The number of aliphatic hydroxyl groups is 1. The molecule has 6 heteroatoms. The van der Waals surface area contributed by atoms with Crippen molar-refractivity contribution in [3.63, 3.8) is 0 Å². The van der Waals surface area contributed by atoms with Crippen molar-refractivity contribution in [2.75, 3.05) is 6.61 Å². The van der Waals surface area contributed by atoms with E-state index in [1.807, 2.05) is 6.92 Å². The first kappa shape index (κ1) is 18.0. The van der Waals surface area contributed by atoms with Crippen LogP contribution < -0.4 is 10.1 Å². The predicted octanol–water partition coefficient (Wildman–Crippen LogP) is 3.84. The molecule has 0 radical (unpaired) electrons. The van der Waals surface area contributed by atoms with Crippen LogP contribution in [0.2, 0.25) is 5.02 Å². The van der Waals surface area contributed by atoms with Crippen molar-refractivity contribution >= 4 is 29.1 Å². The zero-order valence-corrected chi connectivity index (χ0v) is 14.9. The largest absolute Gasteiger partial charge is 0.507 e. The van der Waals surface area contributed by atoms with E-state index in [1.165, 1.54) is 0 Å². The first-order chi connectivity index (χ1) is 12.5. The molecule has 0 spiro atoms. The number of aliphatic hydroxyl groups excluding tert-OH is 1. The lowest BCUT2D eigenvalue weighted by Crippen LogP contribution is -2.21. The summed E-state index contributed by atoms with van der Waals surface area (Å²) in [5, 5.41) is 13.8. The molecule has 0 saturated carbocycles. The van der Waals surface area contributed by atoms with Gasteiger partial charge in [-0.25, -0.2) is 0 Å². The molecule has 2 aromatic carbocycles. The van der Waals surface area contributed by atoms with Crippen LogP contribution in [0.3, 0.4) is 0 Å². The molecule has 26 heavy (non-hydrogen) atoms. The Kier molecular flexibility index (Phi) is 5.28. The molecule has 5 nitrogen and oxygen atoms in total. The zero-order valence-electron chi connectivity index (χ0n) is 14.2. The first-order valence-corrected chi connectivity index (χ1v) is 8.66. The average Bonchev–Trinajstić information content (AvgIpc) is 2.95. The van der Waals surface area contributed by atoms with Gasteiger partial charge in [0.2, 0.25) is 0 Å². The fourth-order valence-electron chi connectivity index (χ4n) is 2.76. The number of hydrogen-bond donors (Lipinski definition) is 2. The number of Topliss-reactive ketones (excluding diaryl/α,β-unsaturated/α-hetero) is 1. The van der Waals surface area contributed by atoms with Crippen LogP contribution in [0.5, 0.6) is 5.75 Å². The number of halogens is 1. The summed E-state index contributed by atoms with van der Waals surface area (Å²) >= 11 is 5.89. The summed E-state index contributed by atoms with van der Waals surface area (Å²) in [4.78, 5) is 24.2. The van der Waals surface area contributed by atoms with E-state index in [9.17, 15) is 14.7 Å². The Bertz CT molecular complexity index is 856. The smallest absolute Gasteiger partial charge is 0.293 e. The van der Waals surface area contributed by atoms with E-state index in [0.29, 0.717) is 28.5 Å². The number of carbonyl (C=O) groups is 2. The molecule has 1 heterocycles. The fraction of sp³-hybridized carbons (Fsp3) is 0.200. The number of amides is 1. The second-order valence-electron chi connectivity index (χ2n) is 5.92. The number of rotatable bonds is 5. The van der Waals surface area contributed by atoms with Crippen molar-refractivity contribution in [2.45, 2.75) is 19.4 Å². The number of nitrogens with one attached hydrogen (secondary N) is 1. The lowest BCUT2D eigenvalue weighted by Gasteiger charge is -2.14. The van der Waals surface area contributed by atoms with Crippen molar-refractivity contribution in [2.24, 2.45) is 0 Å². The third-order valence-electron chi connectivity index (χ3n) is 4.07. The van der Waals surface area contributed by atoms with E-state index >= 15 is 0 Å². The SMILES string of the molecule is CCCOc1ccc(C(O)=C2C(=O)C(=O)N[C@H]2c2ccc(Cl)cc2)cc1. The summed E-state index contributed by atoms with van der Waals surface area (Å²) in [5.41, 5.74) is 1.13. The molecule has 0 aliphatic carbocycles. The third-order valence-corrected chi connectivity index (χ3v) is 4.33. The maximum Gasteiger partial charge on any atom is 0.293 e. The highest BCUT2D eigenvalue weighted by molar-refractivity contribution is 6.46. The molecule has 1 fully saturated rings. The molecule has 2 N–H and O–H groups in total. The molecule has 1 aliphatic heterocycles. The van der Waals surface area contributed by atoms with Gasteiger partial charge in [0.15, 0.2) is 0 Å². The van der Waals surface area contributed by atoms with Gasteiger partial charge in [0.05, 0.1) is 18.2 Å². The standard InChI is InChI=1S/C20H18ClNO4/c1-2-11-26-15-9-5-13(6-10-15)18(23)16-17(22-20(25)19(16)24)12-3-7-14(21)8-4-12/h3-10,17,23H,2,11H2,1H3,(H,22,25)/t17-/m0/s1. The van der Waals surface area contributed by atoms with E-state index in [4.69, 9.17) is 16.3 Å². The minimum absolute atomic E-state index is 0.0274. The number of hydrogen-bond acceptors (Lipinski definition) is 4. The number of ether oxygens (including phenoxy) is 1. The second-order valence-corrected chi connectivity index (χ2v) is 6.36. The second kappa shape index (κ2) is 7.62. The summed E-state index contributed by atoms with van der Waals surface area (Å²) in [7, 11) is 0. The maximum atomic E-state index is 12.3. The fourth-order valence-corrected chi connectivity index (χ4v) is 2.88. The molecule has 2 aromatic rings. The topological polar surface area (TPSA) is 75.6 Å². The van der Waals surface area contributed by atoms with E-state index in [-0.39, 0.29) is 11.3 Å². The van der Waals surface area contributed by atoms with Gasteiger partial charge < -0.3 is 15.2 Å². The molecular weight excluding hydrogens is 354 g/mol. The number of ketones is 1. The molecular formula is C20H18ClNO4. The lowest BCUT2D eigenvalue weighted by atomic mass is 9.96. The van der Waals surface area contributed by atoms with Crippen LogP contribution in [0, 0.1) is 0 Å². The summed E-state index contributed by atoms with van der Waals surface area (Å²) in [5.74, 6) is -1.03. The van der Waals surface area contributed by atoms with Crippen molar-refractivity contribution in [1.82, 2.24) is 5.32 Å². The Labute approximate surface area is 156 Å². The van der Waals surface area contributed by atoms with Crippen LogP contribution in [0.4, 0.5) is 0 Å². The molecule has 1 saturated heterocycles. The van der Waals surface area contributed by atoms with Crippen LogP contribution in [-0.2, 0) is 9.59 Å². The maximum absolute atomic E-state index is 12.3. The highest BCUT2D eigenvalue weighted by atomic mass is 35.5. The monoisotopic (exact) mass is 371 g/mol. The quantitative estimate of drug-likeness (QED) is 0.475. The van der Waals surface area contributed by atoms with Crippen LogP contribution in [0.1, 0.15) is 30.5 Å². The summed E-state index contributed by atoms with van der Waals surface area (Å²) in [6.45, 7) is 2.61. The van der Waals surface area contributed by atoms with Crippen molar-refractivity contribution in [3.8, 4) is 5.75 Å². The summed E-state index contributed by atoms with van der Waals surface area (Å²) in [6.07, 6.45) is 0.891. The average molecular weight is 372 g/mol. The van der Waals surface area contributed by atoms with Gasteiger partial charge in [-0.2, -0.15) is 0 Å². The highest BCUT2D eigenvalue weighted by Gasteiger charge is 2.39. The van der Waals surface area contributed by atoms with E-state index in [2.05, 4.69) is 5.32 Å². The van der Waals surface area contributed by atoms with Crippen molar-refractivity contribution in [1.29, 1.82) is 0 Å². The predicted molar refractivity (Wildman–Crippen MR) is 99.1 cm³/mol. The third kappa shape index (κ3) is 3.58. The minimum atomic E-state index is -0.742. The minimum Gasteiger partial charge on any atom is -0.507 e. The van der Waals surface area contributed by atoms with Crippen LogP contribution >= 0.6 is 11.6 Å². The lowest BCUT2D eigenvalue weighted by molar-refractivity contribution is -0.133. The molecule has 1 amide bonds. The zero-order chi connectivity index (χ0) is 18.7. The van der Waals surface area contributed by atoms with E-state index in [1.54, 1.807) is 48.5 Å². The molecule has 134 valence electrons. The van der Waals surface area contributed by atoms with Gasteiger partial charge in [-0.15, -0.1) is 0 Å². The van der Waals surface area contributed by atoms with Crippen LogP contribution in [-0.4, -0.2) is 23.4 Å². The molecule has 0 unspecified atom stereocenters. The van der Waals surface area contributed by atoms with E-state index < -0.39 is 17.7 Å². The van der Waals surface area contributed by atoms with Gasteiger partial charge in [0, 0.05) is 10.6 Å². The molecule has 3 rings (SSSR count). The van der Waals surface area contributed by atoms with Crippen LogP contribution in [0.15, 0.2) is 54.1 Å². The Balaban J connectivity index is 1.97. The van der Waals surface area contributed by atoms with Gasteiger partial charge >= 0.3 is 0 Å². The Morgan fingerprint density at radius 1 is 1.12 bits per heavy atom. The van der Waals surface area contributed by atoms with E-state index in [0.717, 1.165) is 6.42 Å². The summed E-state index contributed by atoms with van der Waals surface area (Å²) < 4.78 is 5.51.